The van der Waals surface area contributed by atoms with Crippen LogP contribution in [-0.4, -0.2) is 35.8 Å². The zero-order valence-corrected chi connectivity index (χ0v) is 13.8. The van der Waals surface area contributed by atoms with Gasteiger partial charge in [0.15, 0.2) is 0 Å². The molecule has 1 heterocycles. The van der Waals surface area contributed by atoms with Crippen molar-refractivity contribution in [2.45, 2.75) is 52.5 Å². The third-order valence-corrected chi connectivity index (χ3v) is 4.28. The van der Waals surface area contributed by atoms with E-state index in [0.717, 1.165) is 31.4 Å². The number of amides is 2. The third kappa shape index (κ3) is 3.67. The van der Waals surface area contributed by atoms with E-state index < -0.39 is 0 Å². The standard InChI is InChI=1S/C18H26N2O2/c1-4-5-8-11-19(15(3)21)13-18(22)20-14(2)12-16-9-6-7-10-17(16)20/h6-7,9-10,14H,4-5,8,11-13H2,1-3H3. The molecule has 1 aromatic rings. The lowest BCUT2D eigenvalue weighted by atomic mass is 10.1. The number of nitrogens with zero attached hydrogens (tertiary/aromatic N) is 2. The fraction of sp³-hybridized carbons (Fsp3) is 0.556. The van der Waals surface area contributed by atoms with Crippen molar-refractivity contribution in [3.63, 3.8) is 0 Å². The SMILES string of the molecule is CCCCCN(CC(=O)N1c2ccccc2CC1C)C(C)=O. The van der Waals surface area contributed by atoms with Crippen LogP contribution in [0.25, 0.3) is 0 Å². The number of rotatable bonds is 6. The molecule has 4 nitrogen and oxygen atoms in total. The zero-order valence-electron chi connectivity index (χ0n) is 13.8. The van der Waals surface area contributed by atoms with Crippen molar-refractivity contribution in [2.24, 2.45) is 0 Å². The molecular formula is C18H26N2O2. The van der Waals surface area contributed by atoms with Crippen LogP contribution < -0.4 is 4.90 Å². The number of fused-ring (bicyclic) bond motifs is 1. The van der Waals surface area contributed by atoms with Crippen molar-refractivity contribution >= 4 is 17.5 Å². The van der Waals surface area contributed by atoms with Gasteiger partial charge in [-0.3, -0.25) is 9.59 Å². The van der Waals surface area contributed by atoms with Gasteiger partial charge in [0.25, 0.3) is 0 Å². The summed E-state index contributed by atoms with van der Waals surface area (Å²) in [6, 6.07) is 8.19. The normalized spacial score (nSPS) is 16.5. The van der Waals surface area contributed by atoms with E-state index in [4.69, 9.17) is 0 Å². The molecule has 0 N–H and O–H groups in total. The number of unbranched alkanes of at least 4 members (excludes halogenated alkanes) is 2. The van der Waals surface area contributed by atoms with Crippen LogP contribution in [0.1, 0.15) is 45.6 Å². The van der Waals surface area contributed by atoms with E-state index in [1.807, 2.05) is 23.1 Å². The quantitative estimate of drug-likeness (QED) is 0.758. The molecule has 4 heteroatoms. The predicted octanol–water partition coefficient (Wildman–Crippen LogP) is 3.00. The number of carbonyl (C=O) groups excluding carboxylic acids is 2. The number of hydrogen-bond acceptors (Lipinski definition) is 2. The maximum absolute atomic E-state index is 12.7. The van der Waals surface area contributed by atoms with Gasteiger partial charge in [0.1, 0.15) is 6.54 Å². The number of anilines is 1. The molecule has 0 aliphatic carbocycles. The minimum absolute atomic E-state index is 0.0177. The average molecular weight is 302 g/mol. The van der Waals surface area contributed by atoms with Crippen LogP contribution in [0.5, 0.6) is 0 Å². The third-order valence-electron chi connectivity index (χ3n) is 4.28. The summed E-state index contributed by atoms with van der Waals surface area (Å²) in [5, 5.41) is 0. The summed E-state index contributed by atoms with van der Waals surface area (Å²) in [6.07, 6.45) is 4.03. The highest BCUT2D eigenvalue weighted by Crippen LogP contribution is 2.31. The fourth-order valence-corrected chi connectivity index (χ4v) is 3.09. The zero-order chi connectivity index (χ0) is 16.1. The molecular weight excluding hydrogens is 276 g/mol. The Hall–Kier alpha value is -1.84. The molecule has 120 valence electrons. The Morgan fingerprint density at radius 2 is 2.00 bits per heavy atom. The van der Waals surface area contributed by atoms with E-state index in [1.54, 1.807) is 11.8 Å². The summed E-state index contributed by atoms with van der Waals surface area (Å²) in [5.41, 5.74) is 2.21. The number of hydrogen-bond donors (Lipinski definition) is 0. The highest BCUT2D eigenvalue weighted by molar-refractivity contribution is 5.98. The van der Waals surface area contributed by atoms with E-state index in [2.05, 4.69) is 19.9 Å². The molecule has 22 heavy (non-hydrogen) atoms. The first-order valence-electron chi connectivity index (χ1n) is 8.20. The van der Waals surface area contributed by atoms with E-state index in [9.17, 15) is 9.59 Å². The summed E-state index contributed by atoms with van der Waals surface area (Å²) in [6.45, 7) is 6.58. The molecule has 1 aliphatic heterocycles. The largest absolute Gasteiger partial charge is 0.334 e. The van der Waals surface area contributed by atoms with Gasteiger partial charge in [-0.05, 0) is 31.4 Å². The number of benzene rings is 1. The number of para-hydroxylation sites is 1. The Bertz CT molecular complexity index is 542. The van der Waals surface area contributed by atoms with Gasteiger partial charge in [-0.1, -0.05) is 38.0 Å². The highest BCUT2D eigenvalue weighted by atomic mass is 16.2. The molecule has 0 saturated heterocycles. The molecule has 0 bridgehead atoms. The van der Waals surface area contributed by atoms with Crippen LogP contribution in [0.2, 0.25) is 0 Å². The first-order valence-corrected chi connectivity index (χ1v) is 8.20. The van der Waals surface area contributed by atoms with Gasteiger partial charge in [0.05, 0.1) is 0 Å². The molecule has 2 rings (SSSR count). The summed E-state index contributed by atoms with van der Waals surface area (Å²) in [4.78, 5) is 28.0. The second-order valence-corrected chi connectivity index (χ2v) is 6.09. The Labute approximate surface area is 133 Å². The molecule has 0 fully saturated rings. The van der Waals surface area contributed by atoms with E-state index in [-0.39, 0.29) is 24.4 Å². The van der Waals surface area contributed by atoms with Gasteiger partial charge in [0.2, 0.25) is 11.8 Å². The van der Waals surface area contributed by atoms with Gasteiger partial charge in [-0.25, -0.2) is 0 Å². The lowest BCUT2D eigenvalue weighted by Gasteiger charge is -2.27. The van der Waals surface area contributed by atoms with Crippen molar-refractivity contribution in [2.75, 3.05) is 18.0 Å². The predicted molar refractivity (Wildman–Crippen MR) is 88.9 cm³/mol. The molecule has 1 aromatic carbocycles. The van der Waals surface area contributed by atoms with E-state index >= 15 is 0 Å². The van der Waals surface area contributed by atoms with Gasteiger partial charge in [0, 0.05) is 25.2 Å². The Morgan fingerprint density at radius 3 is 2.68 bits per heavy atom. The Kier molecular flexibility index (Phi) is 5.58. The van der Waals surface area contributed by atoms with Gasteiger partial charge in [-0.2, -0.15) is 0 Å². The molecule has 1 unspecified atom stereocenters. The van der Waals surface area contributed by atoms with Crippen LogP contribution in [0.4, 0.5) is 5.69 Å². The smallest absolute Gasteiger partial charge is 0.246 e. The maximum Gasteiger partial charge on any atom is 0.246 e. The summed E-state index contributed by atoms with van der Waals surface area (Å²) in [5.74, 6) is -0.00580. The minimum Gasteiger partial charge on any atom is -0.334 e. The monoisotopic (exact) mass is 302 g/mol. The van der Waals surface area contributed by atoms with Gasteiger partial charge < -0.3 is 9.80 Å². The maximum atomic E-state index is 12.7. The van der Waals surface area contributed by atoms with Crippen molar-refractivity contribution in [1.29, 1.82) is 0 Å². The first-order chi connectivity index (χ1) is 10.5. The van der Waals surface area contributed by atoms with Gasteiger partial charge >= 0.3 is 0 Å². The van der Waals surface area contributed by atoms with Crippen molar-refractivity contribution in [3.05, 3.63) is 29.8 Å². The Balaban J connectivity index is 2.05. The van der Waals surface area contributed by atoms with Crippen LogP contribution in [0.15, 0.2) is 24.3 Å². The topological polar surface area (TPSA) is 40.6 Å². The van der Waals surface area contributed by atoms with Crippen LogP contribution in [0, 0.1) is 0 Å². The van der Waals surface area contributed by atoms with Crippen LogP contribution >= 0.6 is 0 Å². The second kappa shape index (κ2) is 7.43. The molecule has 0 spiro atoms. The highest BCUT2D eigenvalue weighted by Gasteiger charge is 2.31. The first kappa shape index (κ1) is 16.5. The molecule has 0 saturated carbocycles. The summed E-state index contributed by atoms with van der Waals surface area (Å²) >= 11 is 0. The van der Waals surface area contributed by atoms with E-state index in [0.29, 0.717) is 6.54 Å². The van der Waals surface area contributed by atoms with Crippen molar-refractivity contribution in [1.82, 2.24) is 4.90 Å². The summed E-state index contributed by atoms with van der Waals surface area (Å²) in [7, 11) is 0. The van der Waals surface area contributed by atoms with Gasteiger partial charge in [-0.15, -0.1) is 0 Å². The molecule has 1 aliphatic rings. The molecule has 0 radical (unpaired) electrons. The lowest BCUT2D eigenvalue weighted by molar-refractivity contribution is -0.133. The Morgan fingerprint density at radius 1 is 1.27 bits per heavy atom. The molecule has 1 atom stereocenters. The second-order valence-electron chi connectivity index (χ2n) is 6.09. The van der Waals surface area contributed by atoms with Crippen molar-refractivity contribution in [3.8, 4) is 0 Å². The van der Waals surface area contributed by atoms with Crippen LogP contribution in [-0.2, 0) is 16.0 Å². The molecule has 0 aromatic heterocycles. The minimum atomic E-state index is -0.0235. The number of carbonyl (C=O) groups is 2. The van der Waals surface area contributed by atoms with E-state index in [1.165, 1.54) is 5.56 Å². The average Bonchev–Trinajstić information content (AvgIpc) is 2.81. The summed E-state index contributed by atoms with van der Waals surface area (Å²) < 4.78 is 0. The van der Waals surface area contributed by atoms with Crippen LogP contribution in [0.3, 0.4) is 0 Å². The molecule has 2 amide bonds. The van der Waals surface area contributed by atoms with Crippen molar-refractivity contribution < 1.29 is 9.59 Å². The fourth-order valence-electron chi connectivity index (χ4n) is 3.09. The lowest BCUT2D eigenvalue weighted by Crippen LogP contribution is -2.44.